The molecule has 1 aliphatic carbocycles. The summed E-state index contributed by atoms with van der Waals surface area (Å²) in [6, 6.07) is 3.42. The van der Waals surface area contributed by atoms with Crippen molar-refractivity contribution < 1.29 is 31.1 Å². The summed E-state index contributed by atoms with van der Waals surface area (Å²) in [7, 11) is -3.15. The Kier molecular flexibility index (Phi) is 8.92. The van der Waals surface area contributed by atoms with E-state index in [0.29, 0.717) is 25.7 Å². The first-order valence-corrected chi connectivity index (χ1v) is 14.7. The Hall–Kier alpha value is -1.54. The first-order valence-electron chi connectivity index (χ1n) is 11.8. The van der Waals surface area contributed by atoms with E-state index >= 15 is 0 Å². The molecule has 1 fully saturated rings. The van der Waals surface area contributed by atoms with Gasteiger partial charge in [-0.3, -0.25) is 4.79 Å². The van der Waals surface area contributed by atoms with E-state index < -0.39 is 31.4 Å². The molecule has 1 aromatic rings. The van der Waals surface area contributed by atoms with E-state index in [1.54, 1.807) is 6.92 Å². The van der Waals surface area contributed by atoms with Crippen molar-refractivity contribution in [3.63, 3.8) is 0 Å². The fourth-order valence-electron chi connectivity index (χ4n) is 4.96. The summed E-state index contributed by atoms with van der Waals surface area (Å²) in [5.74, 6) is -1.04. The van der Waals surface area contributed by atoms with Crippen LogP contribution in [0.5, 0.6) is 5.75 Å². The van der Waals surface area contributed by atoms with Crippen molar-refractivity contribution in [3.8, 4) is 5.75 Å². The van der Waals surface area contributed by atoms with Gasteiger partial charge in [0.05, 0.1) is 17.0 Å². The maximum absolute atomic E-state index is 14.8. The largest absolute Gasteiger partial charge is 0.435 e. The smallest absolute Gasteiger partial charge is 0.387 e. The van der Waals surface area contributed by atoms with Crippen LogP contribution in [0.25, 0.3) is 0 Å². The number of allylic oxidation sites excluding steroid dienone is 1. The molecule has 7 nitrogen and oxygen atoms in total. The number of amides is 1. The van der Waals surface area contributed by atoms with Gasteiger partial charge in [-0.05, 0) is 76.1 Å². The Labute approximate surface area is 223 Å². The minimum absolute atomic E-state index is 0.0258. The predicted molar refractivity (Wildman–Crippen MR) is 140 cm³/mol. The van der Waals surface area contributed by atoms with Gasteiger partial charge in [0.25, 0.3) is 0 Å². The molecule has 0 bridgehead atoms. The zero-order chi connectivity index (χ0) is 26.9. The highest BCUT2D eigenvalue weighted by Crippen LogP contribution is 2.45. The Morgan fingerprint density at radius 1 is 1.36 bits per heavy atom. The minimum atomic E-state index is -3.15. The lowest BCUT2D eigenvalue weighted by molar-refractivity contribution is -0.123. The highest BCUT2D eigenvalue weighted by molar-refractivity contribution is 14.1. The second kappa shape index (κ2) is 11.1. The van der Waals surface area contributed by atoms with Crippen molar-refractivity contribution in [2.45, 2.75) is 74.6 Å². The van der Waals surface area contributed by atoms with Gasteiger partial charge in [0.15, 0.2) is 9.84 Å². The zero-order valence-electron chi connectivity index (χ0n) is 20.5. The molecule has 36 heavy (non-hydrogen) atoms. The quantitative estimate of drug-likeness (QED) is 0.212. The summed E-state index contributed by atoms with van der Waals surface area (Å²) in [4.78, 5) is 12.8. The Bertz CT molecular complexity index is 1130. The number of carbonyl (C=O) groups excluding carboxylic acids is 1. The normalized spacial score (nSPS) is 25.7. The molecule has 1 aromatic carbocycles. The van der Waals surface area contributed by atoms with Crippen molar-refractivity contribution in [2.24, 2.45) is 11.7 Å². The molecule has 0 spiro atoms. The van der Waals surface area contributed by atoms with E-state index in [-0.39, 0.29) is 47.1 Å². The Morgan fingerprint density at radius 3 is 2.64 bits per heavy atom. The van der Waals surface area contributed by atoms with E-state index in [1.165, 1.54) is 6.07 Å². The van der Waals surface area contributed by atoms with Gasteiger partial charge in [0.2, 0.25) is 5.91 Å². The number of hydrogen-bond donors (Lipinski definition) is 3. The van der Waals surface area contributed by atoms with Crippen LogP contribution < -0.4 is 21.1 Å². The summed E-state index contributed by atoms with van der Waals surface area (Å²) in [5.41, 5.74) is 7.44. The Balaban J connectivity index is 1.81. The standard InChI is InChI=1S/C24H33F3IN3O4S/c1-14(2)30-20-10-15(11-21(32)31-23(3)8-9-36(33,34)13-23)4-6-17(20)24(28,29)18-12-16(35-22(26)27)5-7-19(18)25/h5,7,12,14-15,22,30H,4,6,8-11,13,29H2,1-3H3,(H,31,32)/t15-,23?,24?/m1/s1. The first-order chi connectivity index (χ1) is 16.6. The summed E-state index contributed by atoms with van der Waals surface area (Å²) < 4.78 is 67.1. The molecular weight excluding hydrogens is 610 g/mol. The number of carbonyl (C=O) groups is 1. The monoisotopic (exact) mass is 643 g/mol. The first kappa shape index (κ1) is 29.0. The van der Waals surface area contributed by atoms with E-state index in [9.17, 15) is 26.4 Å². The highest BCUT2D eigenvalue weighted by Gasteiger charge is 2.41. The average molecular weight is 644 g/mol. The lowest BCUT2D eigenvalue weighted by atomic mass is 9.80. The van der Waals surface area contributed by atoms with Crippen LogP contribution >= 0.6 is 22.6 Å². The van der Waals surface area contributed by atoms with Crippen LogP contribution in [0.4, 0.5) is 13.2 Å². The maximum atomic E-state index is 14.8. The molecule has 2 unspecified atom stereocenters. The average Bonchev–Trinajstić information content (AvgIpc) is 3.00. The number of halogens is 4. The molecule has 1 aliphatic heterocycles. The van der Waals surface area contributed by atoms with E-state index in [0.717, 1.165) is 23.4 Å². The molecule has 1 heterocycles. The zero-order valence-corrected chi connectivity index (χ0v) is 23.5. The van der Waals surface area contributed by atoms with Gasteiger partial charge in [-0.2, -0.15) is 8.78 Å². The van der Waals surface area contributed by atoms with Gasteiger partial charge < -0.3 is 21.1 Å². The van der Waals surface area contributed by atoms with Crippen molar-refractivity contribution in [3.05, 3.63) is 40.8 Å². The van der Waals surface area contributed by atoms with Gasteiger partial charge in [-0.15, -0.1) is 0 Å². The van der Waals surface area contributed by atoms with Gasteiger partial charge >= 0.3 is 6.61 Å². The fraction of sp³-hybridized carbons (Fsp3) is 0.625. The highest BCUT2D eigenvalue weighted by atomic mass is 127. The SMILES string of the molecule is CC(C)NC1=C(C(N)(I)c2cc(OC(F)F)ccc2F)CC[C@@H](CC(=O)NC2(C)CCS(=O)(=O)C2)C1. The summed E-state index contributed by atoms with van der Waals surface area (Å²) >= 11 is 1.93. The van der Waals surface area contributed by atoms with E-state index in [2.05, 4.69) is 15.4 Å². The predicted octanol–water partition coefficient (Wildman–Crippen LogP) is 4.11. The number of ether oxygens (including phenoxy) is 1. The molecule has 0 saturated carbocycles. The van der Waals surface area contributed by atoms with Crippen molar-refractivity contribution in [1.82, 2.24) is 10.6 Å². The summed E-state index contributed by atoms with van der Waals surface area (Å²) in [6.07, 6.45) is 2.18. The summed E-state index contributed by atoms with van der Waals surface area (Å²) in [6.45, 7) is 2.60. The number of nitrogens with one attached hydrogen (secondary N) is 2. The minimum Gasteiger partial charge on any atom is -0.435 e. The Morgan fingerprint density at radius 2 is 2.06 bits per heavy atom. The lowest BCUT2D eigenvalue weighted by Crippen LogP contribution is -2.47. The van der Waals surface area contributed by atoms with Gasteiger partial charge in [0, 0.05) is 23.7 Å². The van der Waals surface area contributed by atoms with E-state index in [1.807, 2.05) is 36.4 Å². The molecule has 1 amide bonds. The van der Waals surface area contributed by atoms with Crippen LogP contribution in [0.2, 0.25) is 0 Å². The molecule has 202 valence electrons. The van der Waals surface area contributed by atoms with Crippen LogP contribution in [0.15, 0.2) is 29.5 Å². The molecule has 4 N–H and O–H groups in total. The third kappa shape index (κ3) is 7.27. The van der Waals surface area contributed by atoms with Gasteiger partial charge in [-0.1, -0.05) is 22.6 Å². The van der Waals surface area contributed by atoms with Crippen LogP contribution in [0.1, 0.15) is 58.4 Å². The third-order valence-electron chi connectivity index (χ3n) is 6.54. The van der Waals surface area contributed by atoms with Crippen LogP contribution in [-0.2, 0) is 18.2 Å². The maximum Gasteiger partial charge on any atom is 0.387 e. The second-order valence-corrected chi connectivity index (χ2v) is 14.1. The number of alkyl halides is 3. The molecule has 2 aliphatic rings. The fourth-order valence-corrected chi connectivity index (χ4v) is 8.07. The number of nitrogens with two attached hydrogens (primary N) is 1. The molecule has 1 saturated heterocycles. The van der Waals surface area contributed by atoms with Gasteiger partial charge in [0.1, 0.15) is 15.1 Å². The third-order valence-corrected chi connectivity index (χ3v) is 9.67. The number of hydrogen-bond acceptors (Lipinski definition) is 6. The van der Waals surface area contributed by atoms with Crippen molar-refractivity contribution in [2.75, 3.05) is 11.5 Å². The van der Waals surface area contributed by atoms with E-state index in [4.69, 9.17) is 5.73 Å². The van der Waals surface area contributed by atoms with Crippen LogP contribution in [0, 0.1) is 11.7 Å². The van der Waals surface area contributed by atoms with Crippen molar-refractivity contribution >= 4 is 38.3 Å². The van der Waals surface area contributed by atoms with Crippen molar-refractivity contribution in [1.29, 1.82) is 0 Å². The molecule has 12 heteroatoms. The number of benzene rings is 1. The van der Waals surface area contributed by atoms with Crippen LogP contribution in [-0.4, -0.2) is 44.0 Å². The molecule has 3 atom stereocenters. The summed E-state index contributed by atoms with van der Waals surface area (Å²) in [5, 5.41) is 6.28. The van der Waals surface area contributed by atoms with Crippen LogP contribution in [0.3, 0.4) is 0 Å². The molecule has 0 aromatic heterocycles. The molecule has 0 radical (unpaired) electrons. The molecule has 3 rings (SSSR count). The van der Waals surface area contributed by atoms with Gasteiger partial charge in [-0.25, -0.2) is 12.8 Å². The number of sulfone groups is 1. The molecular formula is C24H33F3IN3O4S. The second-order valence-electron chi connectivity index (χ2n) is 10.3. The number of rotatable bonds is 9. The lowest BCUT2D eigenvalue weighted by Gasteiger charge is -2.36. The topological polar surface area (TPSA) is 111 Å².